The number of para-hydroxylation sites is 2. The topological polar surface area (TPSA) is 99.2 Å². The van der Waals surface area contributed by atoms with Gasteiger partial charge in [-0.25, -0.2) is 22.5 Å². The fraction of sp³-hybridized carbons (Fsp3) is 0.211. The van der Waals surface area contributed by atoms with Crippen LogP contribution >= 0.6 is 0 Å². The first-order valence-corrected chi connectivity index (χ1v) is 10.4. The van der Waals surface area contributed by atoms with Crippen molar-refractivity contribution in [1.29, 1.82) is 0 Å². The van der Waals surface area contributed by atoms with Gasteiger partial charge in [0.1, 0.15) is 0 Å². The number of sulfonamides is 1. The second-order valence-corrected chi connectivity index (χ2v) is 8.88. The number of hydrogen-bond acceptors (Lipinski definition) is 5. The van der Waals surface area contributed by atoms with Gasteiger partial charge in [0.05, 0.1) is 33.4 Å². The van der Waals surface area contributed by atoms with Crippen LogP contribution in [0.15, 0.2) is 56.9 Å². The molecule has 0 fully saturated rings. The summed E-state index contributed by atoms with van der Waals surface area (Å²) in [6, 6.07) is 11.7. The molecule has 148 valence electrons. The maximum atomic E-state index is 13.4. The van der Waals surface area contributed by atoms with Gasteiger partial charge in [0, 0.05) is 20.6 Å². The van der Waals surface area contributed by atoms with E-state index >= 15 is 0 Å². The second kappa shape index (κ2) is 5.80. The molecule has 0 N–H and O–H groups in total. The average molecular weight is 411 g/mol. The number of anilines is 1. The Hall–Kier alpha value is -3.40. The lowest BCUT2D eigenvalue weighted by Crippen LogP contribution is -2.37. The Morgan fingerprint density at radius 3 is 2.48 bits per heavy atom. The third-order valence-electron chi connectivity index (χ3n) is 5.41. The average Bonchev–Trinajstić information content (AvgIpc) is 3.29. The van der Waals surface area contributed by atoms with Gasteiger partial charge in [-0.05, 0) is 30.3 Å². The highest BCUT2D eigenvalue weighted by molar-refractivity contribution is 7.92. The van der Waals surface area contributed by atoms with Crippen LogP contribution in [0.5, 0.6) is 0 Å². The molecule has 5 rings (SSSR count). The van der Waals surface area contributed by atoms with E-state index in [9.17, 15) is 18.0 Å². The minimum atomic E-state index is -3.93. The highest BCUT2D eigenvalue weighted by atomic mass is 32.2. The summed E-state index contributed by atoms with van der Waals surface area (Å²) in [5, 5.41) is 0.170. The van der Waals surface area contributed by atoms with Gasteiger partial charge < -0.3 is 4.57 Å². The van der Waals surface area contributed by atoms with Crippen molar-refractivity contribution in [3.63, 3.8) is 0 Å². The molecule has 1 aliphatic heterocycles. The lowest BCUT2D eigenvalue weighted by molar-refractivity contribution is 0.592. The van der Waals surface area contributed by atoms with Crippen molar-refractivity contribution >= 4 is 37.9 Å². The lowest BCUT2D eigenvalue weighted by Gasteiger charge is -2.17. The van der Waals surface area contributed by atoms with Crippen LogP contribution in [0, 0.1) is 0 Å². The summed E-state index contributed by atoms with van der Waals surface area (Å²) >= 11 is 0. The van der Waals surface area contributed by atoms with E-state index in [0.717, 1.165) is 15.6 Å². The van der Waals surface area contributed by atoms with Crippen molar-refractivity contribution < 1.29 is 8.42 Å². The summed E-state index contributed by atoms with van der Waals surface area (Å²) in [6.07, 6.45) is 0. The Morgan fingerprint density at radius 2 is 1.69 bits per heavy atom. The van der Waals surface area contributed by atoms with E-state index in [1.807, 2.05) is 28.8 Å². The van der Waals surface area contributed by atoms with Crippen molar-refractivity contribution in [2.45, 2.75) is 11.4 Å². The van der Waals surface area contributed by atoms with Crippen LogP contribution in [0.25, 0.3) is 21.9 Å². The van der Waals surface area contributed by atoms with Crippen LogP contribution in [-0.4, -0.2) is 33.6 Å². The van der Waals surface area contributed by atoms with Crippen molar-refractivity contribution in [3.05, 3.63) is 63.3 Å². The molecule has 2 aromatic heterocycles. The molecular weight excluding hydrogens is 394 g/mol. The standard InChI is InChI=1S/C19H17N5O4S/c1-21-15-8-7-12(11-13(15)17(25)22(2)19(21)26)29(27,28)24-10-9-23-16-6-4-3-5-14(16)20-18(23)24/h3-8,11H,9-10H2,1-2H3. The molecule has 0 saturated heterocycles. The van der Waals surface area contributed by atoms with E-state index < -0.39 is 21.3 Å². The number of benzene rings is 2. The van der Waals surface area contributed by atoms with Crippen LogP contribution in [-0.2, 0) is 30.7 Å². The molecule has 9 nitrogen and oxygen atoms in total. The predicted octanol–water partition coefficient (Wildman–Crippen LogP) is 0.796. The summed E-state index contributed by atoms with van der Waals surface area (Å²) in [5.41, 5.74) is 0.984. The number of rotatable bonds is 2. The monoisotopic (exact) mass is 411 g/mol. The molecule has 0 saturated carbocycles. The zero-order valence-corrected chi connectivity index (χ0v) is 16.5. The van der Waals surface area contributed by atoms with Crippen LogP contribution in [0.2, 0.25) is 0 Å². The number of aromatic nitrogens is 4. The SMILES string of the molecule is Cn1c(=O)c2cc(S(=O)(=O)N3CCn4c3nc3ccccc34)ccc2n(C)c1=O. The molecular formula is C19H17N5O4S. The molecule has 0 aliphatic carbocycles. The van der Waals surface area contributed by atoms with E-state index in [1.165, 1.54) is 34.1 Å². The molecule has 29 heavy (non-hydrogen) atoms. The summed E-state index contributed by atoms with van der Waals surface area (Å²) in [6.45, 7) is 0.762. The molecule has 3 heterocycles. The molecule has 2 aromatic carbocycles. The van der Waals surface area contributed by atoms with Crippen molar-refractivity contribution in [3.8, 4) is 0 Å². The number of hydrogen-bond donors (Lipinski definition) is 0. The maximum absolute atomic E-state index is 13.4. The molecule has 4 aromatic rings. The Labute approximate surface area is 165 Å². The third kappa shape index (κ3) is 2.32. The normalized spacial score (nSPS) is 14.1. The van der Waals surface area contributed by atoms with Gasteiger partial charge in [-0.1, -0.05) is 12.1 Å². The summed E-state index contributed by atoms with van der Waals surface area (Å²) in [7, 11) is -1.02. The summed E-state index contributed by atoms with van der Waals surface area (Å²) < 4.78 is 32.1. The Kier molecular flexibility index (Phi) is 3.54. The fourth-order valence-electron chi connectivity index (χ4n) is 3.85. The van der Waals surface area contributed by atoms with Crippen LogP contribution < -0.4 is 15.6 Å². The molecule has 0 atom stereocenters. The third-order valence-corrected chi connectivity index (χ3v) is 7.19. The van der Waals surface area contributed by atoms with Gasteiger partial charge in [-0.15, -0.1) is 0 Å². The van der Waals surface area contributed by atoms with Crippen molar-refractivity contribution in [1.82, 2.24) is 18.7 Å². The minimum absolute atomic E-state index is 0.0127. The Balaban J connectivity index is 1.70. The van der Waals surface area contributed by atoms with Gasteiger partial charge in [0.25, 0.3) is 15.6 Å². The van der Waals surface area contributed by atoms with E-state index in [1.54, 1.807) is 7.05 Å². The van der Waals surface area contributed by atoms with Gasteiger partial charge >= 0.3 is 5.69 Å². The van der Waals surface area contributed by atoms with E-state index in [2.05, 4.69) is 4.98 Å². The molecule has 0 unspecified atom stereocenters. The van der Waals surface area contributed by atoms with Gasteiger partial charge in [-0.3, -0.25) is 13.9 Å². The van der Waals surface area contributed by atoms with Gasteiger partial charge in [0.2, 0.25) is 5.95 Å². The van der Waals surface area contributed by atoms with Gasteiger partial charge in [-0.2, -0.15) is 0 Å². The number of fused-ring (bicyclic) bond motifs is 4. The Bertz CT molecular complexity index is 1540. The molecule has 0 spiro atoms. The van der Waals surface area contributed by atoms with Crippen LogP contribution in [0.3, 0.4) is 0 Å². The van der Waals surface area contributed by atoms with Crippen molar-refractivity contribution in [2.75, 3.05) is 10.8 Å². The zero-order chi connectivity index (χ0) is 20.5. The van der Waals surface area contributed by atoms with E-state index in [0.29, 0.717) is 18.0 Å². The predicted molar refractivity (Wildman–Crippen MR) is 109 cm³/mol. The Morgan fingerprint density at radius 1 is 0.931 bits per heavy atom. The van der Waals surface area contributed by atoms with Gasteiger partial charge in [0.15, 0.2) is 0 Å². The number of aryl methyl sites for hydroxylation is 1. The molecule has 0 radical (unpaired) electrons. The summed E-state index contributed by atoms with van der Waals surface area (Å²) in [4.78, 5) is 29.1. The molecule has 10 heteroatoms. The summed E-state index contributed by atoms with van der Waals surface area (Å²) in [5.74, 6) is 0.361. The first-order valence-electron chi connectivity index (χ1n) is 8.98. The molecule has 0 bridgehead atoms. The smallest absolute Gasteiger partial charge is 0.307 e. The van der Waals surface area contributed by atoms with E-state index in [-0.39, 0.29) is 16.8 Å². The highest BCUT2D eigenvalue weighted by Gasteiger charge is 2.34. The minimum Gasteiger partial charge on any atom is -0.307 e. The number of nitrogens with zero attached hydrogens (tertiary/aromatic N) is 5. The molecule has 1 aliphatic rings. The first kappa shape index (κ1) is 17.7. The first-order chi connectivity index (χ1) is 13.8. The number of imidazole rings is 1. The van der Waals surface area contributed by atoms with E-state index in [4.69, 9.17) is 0 Å². The lowest BCUT2D eigenvalue weighted by atomic mass is 10.2. The highest BCUT2D eigenvalue weighted by Crippen LogP contribution is 2.32. The van der Waals surface area contributed by atoms with Crippen LogP contribution in [0.4, 0.5) is 5.95 Å². The second-order valence-electron chi connectivity index (χ2n) is 7.01. The molecule has 0 amide bonds. The fourth-order valence-corrected chi connectivity index (χ4v) is 5.29. The van der Waals surface area contributed by atoms with Crippen LogP contribution in [0.1, 0.15) is 0 Å². The zero-order valence-electron chi connectivity index (χ0n) is 15.7. The quantitative estimate of drug-likeness (QED) is 0.486. The van der Waals surface area contributed by atoms with Crippen molar-refractivity contribution in [2.24, 2.45) is 14.1 Å². The largest absolute Gasteiger partial charge is 0.330 e. The maximum Gasteiger partial charge on any atom is 0.330 e.